The number of methoxy groups -OCH3 is 1. The fourth-order valence-electron chi connectivity index (χ4n) is 1.97. The van der Waals surface area contributed by atoms with Gasteiger partial charge in [-0.3, -0.25) is 0 Å². The van der Waals surface area contributed by atoms with Crippen molar-refractivity contribution in [3.05, 3.63) is 27.7 Å². The third-order valence-corrected chi connectivity index (χ3v) is 3.41. The van der Waals surface area contributed by atoms with Gasteiger partial charge < -0.3 is 14.6 Å². The Morgan fingerprint density at radius 2 is 2.00 bits per heavy atom. The molecule has 5 heteroatoms. The predicted molar refractivity (Wildman–Crippen MR) is 66.9 cm³/mol. The molecular weight excluding hydrogens is 263 g/mol. The van der Waals surface area contributed by atoms with Gasteiger partial charge in [-0.1, -0.05) is 23.2 Å². The first-order chi connectivity index (χ1) is 8.11. The summed E-state index contributed by atoms with van der Waals surface area (Å²) >= 11 is 12.1. The quantitative estimate of drug-likeness (QED) is 0.902. The summed E-state index contributed by atoms with van der Waals surface area (Å²) in [5.74, 6) is 0.466. The van der Waals surface area contributed by atoms with Gasteiger partial charge in [-0.05, 0) is 24.1 Å². The number of rotatable bonds is 2. The van der Waals surface area contributed by atoms with Crippen LogP contribution in [0, 0.1) is 0 Å². The van der Waals surface area contributed by atoms with Crippen molar-refractivity contribution < 1.29 is 14.6 Å². The average molecular weight is 277 g/mol. The van der Waals surface area contributed by atoms with Crippen LogP contribution in [0.3, 0.4) is 0 Å². The van der Waals surface area contributed by atoms with Gasteiger partial charge in [0.05, 0.1) is 29.4 Å². The van der Waals surface area contributed by atoms with Crippen LogP contribution in [0.4, 0.5) is 0 Å². The van der Waals surface area contributed by atoms with Gasteiger partial charge in [0.25, 0.3) is 0 Å². The van der Waals surface area contributed by atoms with Gasteiger partial charge in [-0.2, -0.15) is 0 Å². The number of benzene rings is 1. The van der Waals surface area contributed by atoms with Crippen LogP contribution in [0.1, 0.15) is 24.5 Å². The van der Waals surface area contributed by atoms with E-state index in [1.165, 1.54) is 7.11 Å². The van der Waals surface area contributed by atoms with Gasteiger partial charge in [0.2, 0.25) is 0 Å². The van der Waals surface area contributed by atoms with E-state index >= 15 is 0 Å². The van der Waals surface area contributed by atoms with Crippen LogP contribution in [0.25, 0.3) is 0 Å². The van der Waals surface area contributed by atoms with Crippen LogP contribution >= 0.6 is 23.2 Å². The number of aliphatic hydroxyl groups is 1. The topological polar surface area (TPSA) is 38.7 Å². The van der Waals surface area contributed by atoms with Gasteiger partial charge in [-0.25, -0.2) is 0 Å². The van der Waals surface area contributed by atoms with E-state index < -0.39 is 0 Å². The molecule has 1 fully saturated rings. The molecule has 2 rings (SSSR count). The summed E-state index contributed by atoms with van der Waals surface area (Å²) in [5.41, 5.74) is 0.875. The Balaban J connectivity index is 2.27. The Morgan fingerprint density at radius 1 is 1.35 bits per heavy atom. The molecule has 0 aromatic heterocycles. The maximum Gasteiger partial charge on any atom is 0.156 e. The van der Waals surface area contributed by atoms with Gasteiger partial charge >= 0.3 is 0 Å². The highest BCUT2D eigenvalue weighted by Crippen LogP contribution is 2.38. The monoisotopic (exact) mass is 276 g/mol. The molecule has 1 aliphatic rings. The molecule has 1 aliphatic heterocycles. The molecule has 0 aliphatic carbocycles. The molecule has 0 spiro atoms. The standard InChI is InChI=1S/C12H14Cl2O3/c1-16-12-9(13)4-7(5-10(12)14)11-6-8(15)2-3-17-11/h4-5,8,11,15H,2-3,6H2,1H3. The molecule has 0 bridgehead atoms. The van der Waals surface area contributed by atoms with E-state index in [0.29, 0.717) is 35.2 Å². The van der Waals surface area contributed by atoms with E-state index in [1.54, 1.807) is 12.1 Å². The summed E-state index contributed by atoms with van der Waals surface area (Å²) in [6, 6.07) is 3.55. The SMILES string of the molecule is COc1c(Cl)cc(C2CC(O)CCO2)cc1Cl. The van der Waals surface area contributed by atoms with E-state index in [9.17, 15) is 5.11 Å². The predicted octanol–water partition coefficient (Wildman–Crippen LogP) is 3.21. The third-order valence-electron chi connectivity index (χ3n) is 2.85. The zero-order valence-electron chi connectivity index (χ0n) is 9.45. The third kappa shape index (κ3) is 2.86. The lowest BCUT2D eigenvalue weighted by Gasteiger charge is -2.27. The Bertz CT molecular complexity index is 386. The smallest absolute Gasteiger partial charge is 0.156 e. The molecule has 0 saturated carbocycles. The van der Waals surface area contributed by atoms with Crippen LogP contribution in [-0.2, 0) is 4.74 Å². The van der Waals surface area contributed by atoms with Crippen LogP contribution in [0.15, 0.2) is 12.1 Å². The molecule has 3 nitrogen and oxygen atoms in total. The maximum atomic E-state index is 9.61. The van der Waals surface area contributed by atoms with Crippen molar-refractivity contribution >= 4 is 23.2 Å². The van der Waals surface area contributed by atoms with Crippen LogP contribution in [0.5, 0.6) is 5.75 Å². The zero-order valence-corrected chi connectivity index (χ0v) is 11.0. The molecule has 2 unspecified atom stereocenters. The lowest BCUT2D eigenvalue weighted by atomic mass is 9.99. The van der Waals surface area contributed by atoms with Crippen molar-refractivity contribution in [2.75, 3.05) is 13.7 Å². The molecule has 1 aromatic rings. The first-order valence-corrected chi connectivity index (χ1v) is 6.20. The summed E-state index contributed by atoms with van der Waals surface area (Å²) in [7, 11) is 1.52. The van der Waals surface area contributed by atoms with Crippen molar-refractivity contribution in [1.29, 1.82) is 0 Å². The molecular formula is C12H14Cl2O3. The minimum Gasteiger partial charge on any atom is -0.494 e. The summed E-state index contributed by atoms with van der Waals surface area (Å²) in [6.07, 6.45) is 0.765. The number of ether oxygens (including phenoxy) is 2. The van der Waals surface area contributed by atoms with E-state index in [1.807, 2.05) is 0 Å². The van der Waals surface area contributed by atoms with E-state index in [-0.39, 0.29) is 12.2 Å². The van der Waals surface area contributed by atoms with Crippen molar-refractivity contribution in [2.45, 2.75) is 25.0 Å². The highest BCUT2D eigenvalue weighted by atomic mass is 35.5. The van der Waals surface area contributed by atoms with E-state index in [4.69, 9.17) is 32.7 Å². The van der Waals surface area contributed by atoms with Crippen molar-refractivity contribution in [1.82, 2.24) is 0 Å². The molecule has 17 heavy (non-hydrogen) atoms. The first kappa shape index (κ1) is 13.0. The van der Waals surface area contributed by atoms with E-state index in [2.05, 4.69) is 0 Å². The Hall–Kier alpha value is -0.480. The lowest BCUT2D eigenvalue weighted by Crippen LogP contribution is -2.23. The molecule has 1 heterocycles. The van der Waals surface area contributed by atoms with Crippen LogP contribution in [0.2, 0.25) is 10.0 Å². The largest absolute Gasteiger partial charge is 0.494 e. The fraction of sp³-hybridized carbons (Fsp3) is 0.500. The molecule has 0 radical (unpaired) electrons. The maximum absolute atomic E-state index is 9.61. The number of hydrogen-bond donors (Lipinski definition) is 1. The van der Waals surface area contributed by atoms with Gasteiger partial charge in [0.1, 0.15) is 0 Å². The van der Waals surface area contributed by atoms with Gasteiger partial charge in [0, 0.05) is 13.0 Å². The summed E-state index contributed by atoms with van der Waals surface area (Å²) in [4.78, 5) is 0. The minimum absolute atomic E-state index is 0.153. The molecule has 1 aromatic carbocycles. The Morgan fingerprint density at radius 3 is 2.53 bits per heavy atom. The molecule has 94 valence electrons. The zero-order chi connectivity index (χ0) is 12.4. The van der Waals surface area contributed by atoms with Gasteiger partial charge in [-0.15, -0.1) is 0 Å². The van der Waals surface area contributed by atoms with Crippen molar-refractivity contribution in [3.8, 4) is 5.75 Å². The number of hydrogen-bond acceptors (Lipinski definition) is 3. The lowest BCUT2D eigenvalue weighted by molar-refractivity contribution is -0.0447. The number of halogens is 2. The van der Waals surface area contributed by atoms with Crippen LogP contribution < -0.4 is 4.74 Å². The normalized spacial score (nSPS) is 24.7. The average Bonchev–Trinajstić information content (AvgIpc) is 2.28. The second kappa shape index (κ2) is 5.44. The second-order valence-corrected chi connectivity index (χ2v) is 4.87. The summed E-state index contributed by atoms with van der Waals surface area (Å²) in [6.45, 7) is 0.549. The molecule has 1 N–H and O–H groups in total. The number of aliphatic hydroxyl groups excluding tert-OH is 1. The molecule has 2 atom stereocenters. The first-order valence-electron chi connectivity index (χ1n) is 5.44. The second-order valence-electron chi connectivity index (χ2n) is 4.06. The summed E-state index contributed by atoms with van der Waals surface area (Å²) in [5, 5.41) is 10.5. The van der Waals surface area contributed by atoms with Crippen molar-refractivity contribution in [3.63, 3.8) is 0 Å². The Labute approximate surface area is 110 Å². The Kier molecular flexibility index (Phi) is 4.15. The van der Waals surface area contributed by atoms with E-state index in [0.717, 1.165) is 5.56 Å². The fourth-order valence-corrected chi connectivity index (χ4v) is 2.63. The van der Waals surface area contributed by atoms with Crippen molar-refractivity contribution in [2.24, 2.45) is 0 Å². The van der Waals surface area contributed by atoms with Gasteiger partial charge in [0.15, 0.2) is 5.75 Å². The van der Waals surface area contributed by atoms with Crippen LogP contribution in [-0.4, -0.2) is 24.9 Å². The minimum atomic E-state index is -0.326. The molecule has 0 amide bonds. The highest BCUT2D eigenvalue weighted by Gasteiger charge is 2.23. The highest BCUT2D eigenvalue weighted by molar-refractivity contribution is 6.37. The molecule has 1 saturated heterocycles. The summed E-state index contributed by atoms with van der Waals surface area (Å²) < 4.78 is 10.7.